The van der Waals surface area contributed by atoms with Crippen molar-refractivity contribution in [1.82, 2.24) is 0 Å². The molecule has 2 aliphatic heterocycles. The highest BCUT2D eigenvalue weighted by atomic mass is 35.5. The number of alkyl halides is 2. The van der Waals surface area contributed by atoms with Crippen LogP contribution >= 0.6 is 23.2 Å². The molecule has 3 aliphatic rings. The number of hydrogen-bond donors (Lipinski definition) is 0. The Labute approximate surface area is 157 Å². The molecule has 138 valence electrons. The monoisotopic (exact) mass is 388 g/mol. The predicted octanol–water partition coefficient (Wildman–Crippen LogP) is 3.41. The summed E-state index contributed by atoms with van der Waals surface area (Å²) in [6, 6.07) is 9.91. The van der Waals surface area contributed by atoms with Crippen molar-refractivity contribution in [1.29, 1.82) is 0 Å². The number of hydrogen-bond acceptors (Lipinski definition) is 5. The lowest BCUT2D eigenvalue weighted by atomic mass is 9.89. The van der Waals surface area contributed by atoms with Crippen LogP contribution in [0.25, 0.3) is 0 Å². The van der Waals surface area contributed by atoms with E-state index in [2.05, 4.69) is 0 Å². The van der Waals surface area contributed by atoms with Gasteiger partial charge in [-0.25, -0.2) is 0 Å². The van der Waals surface area contributed by atoms with E-state index in [0.29, 0.717) is 13.0 Å². The molecule has 2 bridgehead atoms. The van der Waals surface area contributed by atoms with Crippen LogP contribution in [0.3, 0.4) is 0 Å². The summed E-state index contributed by atoms with van der Waals surface area (Å²) in [4.78, 5) is 0. The highest BCUT2D eigenvalue weighted by Crippen LogP contribution is 2.60. The lowest BCUT2D eigenvalue weighted by Crippen LogP contribution is -2.62. The second-order valence-corrected chi connectivity index (χ2v) is 8.85. The summed E-state index contributed by atoms with van der Waals surface area (Å²) >= 11 is 13.1. The van der Waals surface area contributed by atoms with Gasteiger partial charge in [-0.05, 0) is 19.4 Å². The van der Waals surface area contributed by atoms with E-state index in [1.54, 1.807) is 7.11 Å². The third kappa shape index (κ3) is 2.90. The Balaban J connectivity index is 1.66. The number of methoxy groups -OCH3 is 1. The van der Waals surface area contributed by atoms with E-state index in [-0.39, 0.29) is 0 Å². The van der Waals surface area contributed by atoms with Crippen LogP contribution in [0, 0.1) is 0 Å². The van der Waals surface area contributed by atoms with Gasteiger partial charge in [0.1, 0.15) is 28.2 Å². The lowest BCUT2D eigenvalue weighted by Gasteiger charge is -2.43. The third-order valence-electron chi connectivity index (χ3n) is 5.05. The molecule has 1 aromatic rings. The molecule has 7 heteroatoms. The summed E-state index contributed by atoms with van der Waals surface area (Å²) in [6.07, 6.45) is -1.76. The molecule has 1 aliphatic carbocycles. The molecule has 0 radical (unpaired) electrons. The molecular weight excluding hydrogens is 367 g/mol. The first-order valence-electron chi connectivity index (χ1n) is 8.37. The fraction of sp³-hybridized carbons (Fsp3) is 0.667. The van der Waals surface area contributed by atoms with E-state index < -0.39 is 40.3 Å². The van der Waals surface area contributed by atoms with Gasteiger partial charge in [0.2, 0.25) is 0 Å². The van der Waals surface area contributed by atoms with E-state index >= 15 is 0 Å². The van der Waals surface area contributed by atoms with Gasteiger partial charge in [0.05, 0.1) is 6.61 Å². The Hall–Kier alpha value is -0.400. The van der Waals surface area contributed by atoms with Crippen molar-refractivity contribution in [3.63, 3.8) is 0 Å². The molecule has 1 aromatic carbocycles. The molecule has 0 spiro atoms. The van der Waals surface area contributed by atoms with Crippen LogP contribution in [-0.4, -0.2) is 47.4 Å². The van der Waals surface area contributed by atoms with Crippen molar-refractivity contribution in [3.05, 3.63) is 35.9 Å². The Kier molecular flexibility index (Phi) is 4.36. The number of halogens is 2. The normalized spacial score (nSPS) is 40.8. The molecule has 0 aromatic heterocycles. The molecule has 1 saturated carbocycles. The predicted molar refractivity (Wildman–Crippen MR) is 92.5 cm³/mol. The molecule has 3 fully saturated rings. The van der Waals surface area contributed by atoms with Crippen LogP contribution in [0.1, 0.15) is 25.8 Å². The van der Waals surface area contributed by atoms with Gasteiger partial charge in [-0.15, -0.1) is 0 Å². The molecule has 0 amide bonds. The van der Waals surface area contributed by atoms with E-state index in [9.17, 15) is 0 Å². The van der Waals surface area contributed by atoms with Gasteiger partial charge in [0.25, 0.3) is 0 Å². The van der Waals surface area contributed by atoms with Gasteiger partial charge in [-0.3, -0.25) is 0 Å². The molecule has 5 nitrogen and oxygen atoms in total. The average Bonchev–Trinajstić information content (AvgIpc) is 2.88. The van der Waals surface area contributed by atoms with Crippen molar-refractivity contribution in [2.45, 2.75) is 67.2 Å². The summed E-state index contributed by atoms with van der Waals surface area (Å²) in [5.74, 6) is -0.770. The molecule has 4 rings (SSSR count). The van der Waals surface area contributed by atoms with Crippen LogP contribution in [0.4, 0.5) is 0 Å². The molecule has 0 unspecified atom stereocenters. The zero-order chi connectivity index (χ0) is 17.9. The zero-order valence-electron chi connectivity index (χ0n) is 14.4. The van der Waals surface area contributed by atoms with E-state index in [1.165, 1.54) is 0 Å². The van der Waals surface area contributed by atoms with Gasteiger partial charge in [-0.2, -0.15) is 0 Å². The van der Waals surface area contributed by atoms with Crippen molar-refractivity contribution in [3.8, 4) is 0 Å². The quantitative estimate of drug-likeness (QED) is 0.739. The van der Waals surface area contributed by atoms with E-state index in [0.717, 1.165) is 5.56 Å². The minimum Gasteiger partial charge on any atom is -0.365 e. The maximum atomic E-state index is 6.53. The fourth-order valence-electron chi connectivity index (χ4n) is 4.19. The van der Waals surface area contributed by atoms with Crippen LogP contribution < -0.4 is 0 Å². The highest BCUT2D eigenvalue weighted by Gasteiger charge is 2.76. The summed E-state index contributed by atoms with van der Waals surface area (Å²) in [5, 5.41) is 0. The van der Waals surface area contributed by atoms with Crippen LogP contribution in [0.2, 0.25) is 0 Å². The summed E-state index contributed by atoms with van der Waals surface area (Å²) in [6.45, 7) is 4.14. The number of rotatable bonds is 4. The fourth-order valence-corrected chi connectivity index (χ4v) is 4.94. The van der Waals surface area contributed by atoms with Gasteiger partial charge in [-0.1, -0.05) is 53.5 Å². The second kappa shape index (κ2) is 6.06. The van der Waals surface area contributed by atoms with Crippen molar-refractivity contribution >= 4 is 23.2 Å². The molecule has 25 heavy (non-hydrogen) atoms. The standard InChI is InChI=1S/C18H22Cl2O5/c1-16(2)24-12-13-18(19,20)10-17(12,25-16)14(15(21-3)23-13)22-9-11-7-5-4-6-8-11/h4-8,12-15H,9-10H2,1-3H3/t12-,13-,14-,15-,17-/m0/s1. The Morgan fingerprint density at radius 3 is 2.56 bits per heavy atom. The zero-order valence-corrected chi connectivity index (χ0v) is 15.9. The van der Waals surface area contributed by atoms with E-state index in [1.807, 2.05) is 44.2 Å². The van der Waals surface area contributed by atoms with Gasteiger partial charge in [0, 0.05) is 13.5 Å². The smallest absolute Gasteiger partial charge is 0.186 e. The van der Waals surface area contributed by atoms with Crippen LogP contribution in [0.5, 0.6) is 0 Å². The summed E-state index contributed by atoms with van der Waals surface area (Å²) in [7, 11) is 1.57. The largest absolute Gasteiger partial charge is 0.365 e. The molecule has 0 N–H and O–H groups in total. The van der Waals surface area contributed by atoms with Gasteiger partial charge >= 0.3 is 0 Å². The number of benzene rings is 1. The van der Waals surface area contributed by atoms with Crippen LogP contribution in [0.15, 0.2) is 30.3 Å². The average molecular weight is 389 g/mol. The topological polar surface area (TPSA) is 46.2 Å². The second-order valence-electron chi connectivity index (χ2n) is 7.31. The first kappa shape index (κ1) is 18.0. The maximum Gasteiger partial charge on any atom is 0.186 e. The van der Waals surface area contributed by atoms with Gasteiger partial charge < -0.3 is 23.7 Å². The van der Waals surface area contributed by atoms with Crippen molar-refractivity contribution < 1.29 is 23.7 Å². The lowest BCUT2D eigenvalue weighted by molar-refractivity contribution is -0.292. The summed E-state index contributed by atoms with van der Waals surface area (Å²) < 4.78 is 29.1. The Morgan fingerprint density at radius 1 is 1.16 bits per heavy atom. The molecule has 2 saturated heterocycles. The minimum atomic E-state index is -1.12. The molecule has 5 atom stereocenters. The first-order chi connectivity index (χ1) is 11.8. The SMILES string of the molecule is CO[C@H]1O[C@H]2[C@@H]3OC(C)(C)O[C@]3(CC2(Cl)Cl)[C@H]1OCc1ccccc1. The number of ether oxygens (including phenoxy) is 5. The van der Waals surface area contributed by atoms with Gasteiger partial charge in [0.15, 0.2) is 12.1 Å². The maximum absolute atomic E-state index is 6.53. The van der Waals surface area contributed by atoms with E-state index in [4.69, 9.17) is 46.9 Å². The van der Waals surface area contributed by atoms with Crippen molar-refractivity contribution in [2.75, 3.05) is 7.11 Å². The molecule has 2 heterocycles. The van der Waals surface area contributed by atoms with Crippen LogP contribution in [-0.2, 0) is 30.3 Å². The van der Waals surface area contributed by atoms with Crippen molar-refractivity contribution in [2.24, 2.45) is 0 Å². The third-order valence-corrected chi connectivity index (χ3v) is 5.74. The first-order valence-corrected chi connectivity index (χ1v) is 9.13. The highest BCUT2D eigenvalue weighted by molar-refractivity contribution is 6.49. The Morgan fingerprint density at radius 2 is 1.88 bits per heavy atom. The summed E-state index contributed by atoms with van der Waals surface area (Å²) in [5.41, 5.74) is 0.234. The minimum absolute atomic E-state index is 0.348. The molecular formula is C18H22Cl2O5. The Bertz CT molecular complexity index is 638.